The molecule has 0 bridgehead atoms. The lowest BCUT2D eigenvalue weighted by Crippen LogP contribution is -2.37. The number of hydrogen-bond donors (Lipinski definition) is 2. The maximum absolute atomic E-state index is 12.0. The predicted molar refractivity (Wildman–Crippen MR) is 89.9 cm³/mol. The fourth-order valence-corrected chi connectivity index (χ4v) is 2.03. The number of aryl methyl sites for hydroxylation is 1. The molecule has 0 aliphatic rings. The second-order valence-electron chi connectivity index (χ2n) is 5.57. The normalized spacial score (nSPS) is 11.6. The summed E-state index contributed by atoms with van der Waals surface area (Å²) in [4.78, 5) is 48.3. The van der Waals surface area contributed by atoms with E-state index < -0.39 is 35.8 Å². The van der Waals surface area contributed by atoms with Crippen LogP contribution in [0.2, 0.25) is 0 Å². The van der Waals surface area contributed by atoms with E-state index in [-0.39, 0.29) is 0 Å². The lowest BCUT2D eigenvalue weighted by Gasteiger charge is -2.14. The van der Waals surface area contributed by atoms with Crippen LogP contribution in [0.5, 0.6) is 0 Å². The maximum atomic E-state index is 12.0. The first-order chi connectivity index (χ1) is 11.8. The number of H-pyrrole nitrogens is 1. The zero-order chi connectivity index (χ0) is 18.4. The van der Waals surface area contributed by atoms with E-state index in [0.29, 0.717) is 6.54 Å². The molecule has 0 aliphatic heterocycles. The fraction of sp³-hybridized carbons (Fsp3) is 0.294. The number of ether oxygens (including phenoxy) is 1. The Morgan fingerprint density at radius 1 is 1.20 bits per heavy atom. The highest BCUT2D eigenvalue weighted by molar-refractivity contribution is 5.83. The van der Waals surface area contributed by atoms with Crippen molar-refractivity contribution in [1.29, 1.82) is 0 Å². The van der Waals surface area contributed by atoms with Gasteiger partial charge >= 0.3 is 11.7 Å². The van der Waals surface area contributed by atoms with Crippen molar-refractivity contribution in [2.24, 2.45) is 0 Å². The van der Waals surface area contributed by atoms with E-state index in [9.17, 15) is 19.2 Å². The van der Waals surface area contributed by atoms with Crippen molar-refractivity contribution in [2.75, 3.05) is 0 Å². The molecule has 1 aromatic carbocycles. The monoisotopic (exact) mass is 345 g/mol. The van der Waals surface area contributed by atoms with Crippen LogP contribution in [0.1, 0.15) is 18.1 Å². The van der Waals surface area contributed by atoms with E-state index in [1.807, 2.05) is 36.2 Å². The molecule has 2 N–H and O–H groups in total. The highest BCUT2D eigenvalue weighted by Gasteiger charge is 2.18. The van der Waals surface area contributed by atoms with Gasteiger partial charge in [0.1, 0.15) is 6.54 Å². The SMILES string of the molecule is Cc1ccc(CNC(=O)[C@H](C)OC(=O)Cn2ccc(=O)[nH]c2=O)cc1. The fourth-order valence-electron chi connectivity index (χ4n) is 2.03. The Morgan fingerprint density at radius 3 is 2.52 bits per heavy atom. The number of nitrogens with one attached hydrogen (secondary N) is 2. The summed E-state index contributed by atoms with van der Waals surface area (Å²) in [7, 11) is 0. The van der Waals surface area contributed by atoms with E-state index in [1.54, 1.807) is 0 Å². The second kappa shape index (κ2) is 8.09. The first-order valence-electron chi connectivity index (χ1n) is 7.67. The lowest BCUT2D eigenvalue weighted by molar-refractivity contribution is -0.155. The van der Waals surface area contributed by atoms with Crippen LogP contribution in [0.4, 0.5) is 0 Å². The molecule has 2 aromatic rings. The molecule has 1 atom stereocenters. The van der Waals surface area contributed by atoms with Crippen LogP contribution in [-0.2, 0) is 27.4 Å². The molecule has 0 saturated heterocycles. The summed E-state index contributed by atoms with van der Waals surface area (Å²) in [5.41, 5.74) is 0.770. The minimum absolute atomic E-state index is 0.320. The maximum Gasteiger partial charge on any atom is 0.328 e. The van der Waals surface area contributed by atoms with Crippen LogP contribution < -0.4 is 16.6 Å². The van der Waals surface area contributed by atoms with E-state index in [4.69, 9.17) is 4.74 Å². The van der Waals surface area contributed by atoms with Gasteiger partial charge in [-0.25, -0.2) is 4.79 Å². The Bertz CT molecular complexity index is 867. The highest BCUT2D eigenvalue weighted by Crippen LogP contribution is 2.03. The molecule has 1 amide bonds. The number of aromatic amines is 1. The predicted octanol–water partition coefficient (Wildman–Crippen LogP) is 0.0931. The van der Waals surface area contributed by atoms with Crippen LogP contribution >= 0.6 is 0 Å². The molecule has 0 radical (unpaired) electrons. The average Bonchev–Trinajstić information content (AvgIpc) is 2.56. The second-order valence-corrected chi connectivity index (χ2v) is 5.57. The smallest absolute Gasteiger partial charge is 0.328 e. The summed E-state index contributed by atoms with van der Waals surface area (Å²) in [5.74, 6) is -1.20. The Kier molecular flexibility index (Phi) is 5.89. The highest BCUT2D eigenvalue weighted by atomic mass is 16.5. The largest absolute Gasteiger partial charge is 0.451 e. The van der Waals surface area contributed by atoms with Crippen molar-refractivity contribution in [3.8, 4) is 0 Å². The number of nitrogens with zero attached hydrogens (tertiary/aromatic N) is 1. The summed E-state index contributed by atoms with van der Waals surface area (Å²) in [6.07, 6.45) is 0.182. The molecule has 1 heterocycles. The number of hydrogen-bond acceptors (Lipinski definition) is 5. The van der Waals surface area contributed by atoms with Crippen molar-refractivity contribution in [2.45, 2.75) is 33.0 Å². The molecule has 25 heavy (non-hydrogen) atoms. The Hall–Kier alpha value is -3.16. The minimum Gasteiger partial charge on any atom is -0.451 e. The van der Waals surface area contributed by atoms with Gasteiger partial charge in [-0.15, -0.1) is 0 Å². The van der Waals surface area contributed by atoms with Crippen LogP contribution in [0, 0.1) is 6.92 Å². The molecule has 0 spiro atoms. The molecule has 0 unspecified atom stereocenters. The number of esters is 1. The Balaban J connectivity index is 1.85. The van der Waals surface area contributed by atoms with Gasteiger partial charge < -0.3 is 10.1 Å². The number of carbonyl (C=O) groups is 2. The molecule has 8 heteroatoms. The van der Waals surface area contributed by atoms with Crippen molar-refractivity contribution in [3.63, 3.8) is 0 Å². The number of aromatic nitrogens is 2. The number of benzene rings is 1. The minimum atomic E-state index is -1.00. The van der Waals surface area contributed by atoms with Gasteiger partial charge in [0.15, 0.2) is 6.10 Å². The summed E-state index contributed by atoms with van der Waals surface area (Å²) >= 11 is 0. The average molecular weight is 345 g/mol. The summed E-state index contributed by atoms with van der Waals surface area (Å²) in [6.45, 7) is 3.33. The standard InChI is InChI=1S/C17H19N3O5/c1-11-3-5-13(6-4-11)9-18-16(23)12(2)25-15(22)10-20-8-7-14(21)19-17(20)24/h3-8,12H,9-10H2,1-2H3,(H,18,23)(H,19,21,24)/t12-/m0/s1. The zero-order valence-electron chi connectivity index (χ0n) is 13.9. The number of amides is 1. The molecule has 132 valence electrons. The van der Waals surface area contributed by atoms with Crippen LogP contribution in [0.25, 0.3) is 0 Å². The molecular weight excluding hydrogens is 326 g/mol. The van der Waals surface area contributed by atoms with Gasteiger partial charge in [0.05, 0.1) is 0 Å². The quantitative estimate of drug-likeness (QED) is 0.721. The molecule has 0 aliphatic carbocycles. The van der Waals surface area contributed by atoms with E-state index in [1.165, 1.54) is 13.1 Å². The molecule has 2 rings (SSSR count). The Morgan fingerprint density at radius 2 is 1.88 bits per heavy atom. The van der Waals surface area contributed by atoms with Gasteiger partial charge in [-0.3, -0.25) is 23.9 Å². The van der Waals surface area contributed by atoms with Crippen LogP contribution in [0.3, 0.4) is 0 Å². The zero-order valence-corrected chi connectivity index (χ0v) is 13.9. The number of rotatable bonds is 6. The van der Waals surface area contributed by atoms with E-state index in [2.05, 4.69) is 5.32 Å². The third kappa shape index (κ3) is 5.45. The molecule has 0 fully saturated rings. The Labute approximate surface area is 143 Å². The topological polar surface area (TPSA) is 110 Å². The van der Waals surface area contributed by atoms with E-state index in [0.717, 1.165) is 21.8 Å². The van der Waals surface area contributed by atoms with Gasteiger partial charge in [-0.05, 0) is 19.4 Å². The van der Waals surface area contributed by atoms with Crippen molar-refractivity contribution < 1.29 is 14.3 Å². The first-order valence-corrected chi connectivity index (χ1v) is 7.67. The summed E-state index contributed by atoms with van der Waals surface area (Å²) < 4.78 is 5.99. The first kappa shape index (κ1) is 18.2. The lowest BCUT2D eigenvalue weighted by atomic mass is 10.1. The van der Waals surface area contributed by atoms with Crippen LogP contribution in [-0.4, -0.2) is 27.5 Å². The third-order valence-corrected chi connectivity index (χ3v) is 3.46. The van der Waals surface area contributed by atoms with E-state index >= 15 is 0 Å². The molecule has 8 nitrogen and oxygen atoms in total. The molecular formula is C17H19N3O5. The van der Waals surface area contributed by atoms with Gasteiger partial charge in [-0.1, -0.05) is 29.8 Å². The molecule has 0 saturated carbocycles. The van der Waals surface area contributed by atoms with Gasteiger partial charge in [0.25, 0.3) is 11.5 Å². The van der Waals surface area contributed by atoms with Crippen molar-refractivity contribution in [3.05, 3.63) is 68.5 Å². The van der Waals surface area contributed by atoms with Crippen LogP contribution in [0.15, 0.2) is 46.1 Å². The van der Waals surface area contributed by atoms with Gasteiger partial charge in [-0.2, -0.15) is 0 Å². The number of carbonyl (C=O) groups excluding carboxylic acids is 2. The van der Waals surface area contributed by atoms with Gasteiger partial charge in [0, 0.05) is 18.8 Å². The third-order valence-electron chi connectivity index (χ3n) is 3.46. The summed E-state index contributed by atoms with van der Waals surface area (Å²) in [5, 5.41) is 2.67. The summed E-state index contributed by atoms with van der Waals surface area (Å²) in [6, 6.07) is 8.79. The van der Waals surface area contributed by atoms with Crippen molar-refractivity contribution in [1.82, 2.24) is 14.9 Å². The molecule has 1 aromatic heterocycles. The van der Waals surface area contributed by atoms with Gasteiger partial charge in [0.2, 0.25) is 0 Å². The van der Waals surface area contributed by atoms with Crippen molar-refractivity contribution >= 4 is 11.9 Å².